The van der Waals surface area contributed by atoms with Crippen LogP contribution in [0.3, 0.4) is 0 Å². The maximum absolute atomic E-state index is 11.1. The van der Waals surface area contributed by atoms with Crippen molar-refractivity contribution in [3.8, 4) is 11.3 Å². The summed E-state index contributed by atoms with van der Waals surface area (Å²) in [5.74, 6) is 0.327. The number of carbonyl (C=O) groups is 1. The predicted molar refractivity (Wildman–Crippen MR) is 86.5 cm³/mol. The molecule has 4 nitrogen and oxygen atoms in total. The molecule has 2 N–H and O–H groups in total. The summed E-state index contributed by atoms with van der Waals surface area (Å²) in [5.41, 5.74) is 7.49. The van der Waals surface area contributed by atoms with Crippen molar-refractivity contribution in [1.82, 2.24) is 4.90 Å². The predicted octanol–water partition coefficient (Wildman–Crippen LogP) is 3.59. The number of benzene rings is 1. The number of hydrogen-bond donors (Lipinski definition) is 1. The normalized spacial score (nSPS) is 17.3. The average Bonchev–Trinajstić information content (AvgIpc) is 3.05. The Morgan fingerprint density at radius 3 is 2.36 bits per heavy atom. The maximum atomic E-state index is 11.1. The van der Waals surface area contributed by atoms with Gasteiger partial charge in [0.25, 0.3) is 5.91 Å². The summed E-state index contributed by atoms with van der Waals surface area (Å²) in [6.45, 7) is 4.63. The van der Waals surface area contributed by atoms with E-state index in [1.807, 2.05) is 12.1 Å². The molecule has 22 heavy (non-hydrogen) atoms. The van der Waals surface area contributed by atoms with Gasteiger partial charge < -0.3 is 10.2 Å². The van der Waals surface area contributed by atoms with Crippen molar-refractivity contribution < 1.29 is 9.21 Å². The number of likely N-dealkylation sites (tertiary alicyclic amines) is 1. The minimum atomic E-state index is -0.540. The SMILES string of the molecule is C[C@H](c1ccc(-c2ccc(C(N)=O)o2)cc1)N1CCCCC1. The topological polar surface area (TPSA) is 59.5 Å². The van der Waals surface area contributed by atoms with Gasteiger partial charge >= 0.3 is 0 Å². The lowest BCUT2D eigenvalue weighted by molar-refractivity contribution is 0.0974. The quantitative estimate of drug-likeness (QED) is 0.938. The Hall–Kier alpha value is -2.07. The zero-order chi connectivity index (χ0) is 15.5. The summed E-state index contributed by atoms with van der Waals surface area (Å²) in [6.07, 6.45) is 3.94. The van der Waals surface area contributed by atoms with Crippen molar-refractivity contribution in [3.63, 3.8) is 0 Å². The smallest absolute Gasteiger partial charge is 0.284 e. The van der Waals surface area contributed by atoms with Crippen LogP contribution in [-0.2, 0) is 0 Å². The van der Waals surface area contributed by atoms with Crippen LogP contribution < -0.4 is 5.73 Å². The van der Waals surface area contributed by atoms with Crippen LogP contribution in [0.15, 0.2) is 40.8 Å². The highest BCUT2D eigenvalue weighted by Crippen LogP contribution is 2.27. The fourth-order valence-corrected chi connectivity index (χ4v) is 3.07. The molecule has 4 heteroatoms. The highest BCUT2D eigenvalue weighted by atomic mass is 16.3. The average molecular weight is 298 g/mol. The zero-order valence-electron chi connectivity index (χ0n) is 12.9. The van der Waals surface area contributed by atoms with Gasteiger partial charge in [0.05, 0.1) is 0 Å². The molecule has 1 aromatic heterocycles. The first-order valence-corrected chi connectivity index (χ1v) is 7.89. The van der Waals surface area contributed by atoms with E-state index in [9.17, 15) is 4.79 Å². The maximum Gasteiger partial charge on any atom is 0.284 e. The molecule has 1 fully saturated rings. The van der Waals surface area contributed by atoms with Gasteiger partial charge in [0.1, 0.15) is 5.76 Å². The number of nitrogens with two attached hydrogens (primary N) is 1. The van der Waals surface area contributed by atoms with E-state index in [2.05, 4.69) is 24.0 Å². The second-order valence-electron chi connectivity index (χ2n) is 5.92. The van der Waals surface area contributed by atoms with Crippen LogP contribution in [0.5, 0.6) is 0 Å². The fraction of sp³-hybridized carbons (Fsp3) is 0.389. The summed E-state index contributed by atoms with van der Waals surface area (Å²) in [4.78, 5) is 13.6. The lowest BCUT2D eigenvalue weighted by Crippen LogP contribution is -2.32. The second-order valence-corrected chi connectivity index (χ2v) is 5.92. The van der Waals surface area contributed by atoms with Gasteiger partial charge in [0, 0.05) is 11.6 Å². The lowest BCUT2D eigenvalue weighted by atomic mass is 10.0. The number of nitrogens with zero attached hydrogens (tertiary/aromatic N) is 1. The molecule has 116 valence electrons. The van der Waals surface area contributed by atoms with Gasteiger partial charge in [0.15, 0.2) is 5.76 Å². The number of furan rings is 1. The van der Waals surface area contributed by atoms with Crippen LogP contribution in [0.25, 0.3) is 11.3 Å². The van der Waals surface area contributed by atoms with E-state index >= 15 is 0 Å². The van der Waals surface area contributed by atoms with Crippen molar-refractivity contribution in [2.75, 3.05) is 13.1 Å². The zero-order valence-corrected chi connectivity index (χ0v) is 12.9. The highest BCUT2D eigenvalue weighted by Gasteiger charge is 2.18. The number of amides is 1. The summed E-state index contributed by atoms with van der Waals surface area (Å²) in [5, 5.41) is 0. The van der Waals surface area contributed by atoms with Crippen LogP contribution >= 0.6 is 0 Å². The molecule has 1 aliphatic heterocycles. The Bertz CT molecular complexity index is 639. The molecule has 2 aromatic rings. The highest BCUT2D eigenvalue weighted by molar-refractivity contribution is 5.90. The number of hydrogen-bond acceptors (Lipinski definition) is 3. The molecule has 0 spiro atoms. The molecule has 1 atom stereocenters. The Morgan fingerprint density at radius 1 is 1.09 bits per heavy atom. The second kappa shape index (κ2) is 6.36. The first-order valence-electron chi connectivity index (χ1n) is 7.89. The van der Waals surface area contributed by atoms with Crippen molar-refractivity contribution in [3.05, 3.63) is 47.7 Å². The van der Waals surface area contributed by atoms with E-state index < -0.39 is 5.91 Å². The van der Waals surface area contributed by atoms with Gasteiger partial charge in [-0.25, -0.2) is 0 Å². The Balaban J connectivity index is 1.75. The number of rotatable bonds is 4. The van der Waals surface area contributed by atoms with E-state index in [-0.39, 0.29) is 5.76 Å². The van der Waals surface area contributed by atoms with Gasteiger partial charge in [0.2, 0.25) is 0 Å². The standard InChI is InChI=1S/C18H22N2O2/c1-13(20-11-3-2-4-12-20)14-5-7-15(8-6-14)16-9-10-17(22-16)18(19)21/h5-10,13H,2-4,11-12H2,1H3,(H2,19,21)/t13-/m1/s1. The Morgan fingerprint density at radius 2 is 1.77 bits per heavy atom. The van der Waals surface area contributed by atoms with Crippen molar-refractivity contribution in [2.24, 2.45) is 5.73 Å². The van der Waals surface area contributed by atoms with Crippen LogP contribution in [0.4, 0.5) is 0 Å². The largest absolute Gasteiger partial charge is 0.451 e. The van der Waals surface area contributed by atoms with Crippen molar-refractivity contribution in [1.29, 1.82) is 0 Å². The molecule has 3 rings (SSSR count). The molecule has 0 aliphatic carbocycles. The Kier molecular flexibility index (Phi) is 4.29. The monoisotopic (exact) mass is 298 g/mol. The molecule has 0 unspecified atom stereocenters. The van der Waals surface area contributed by atoms with Crippen molar-refractivity contribution >= 4 is 5.91 Å². The number of carbonyl (C=O) groups excluding carboxylic acids is 1. The van der Waals surface area contributed by atoms with Gasteiger partial charge in [-0.15, -0.1) is 0 Å². The van der Waals surface area contributed by atoms with Gasteiger partial charge in [-0.3, -0.25) is 9.69 Å². The van der Waals surface area contributed by atoms with Crippen LogP contribution in [0, 0.1) is 0 Å². The molecule has 1 aromatic carbocycles. The third kappa shape index (κ3) is 3.07. The van der Waals surface area contributed by atoms with Crippen LogP contribution in [-0.4, -0.2) is 23.9 Å². The molecular weight excluding hydrogens is 276 g/mol. The molecule has 0 radical (unpaired) electrons. The fourth-order valence-electron chi connectivity index (χ4n) is 3.07. The summed E-state index contributed by atoms with van der Waals surface area (Å²) >= 11 is 0. The molecule has 2 heterocycles. The Labute approximate surface area is 130 Å². The number of piperidine rings is 1. The van der Waals surface area contributed by atoms with E-state index in [4.69, 9.17) is 10.2 Å². The summed E-state index contributed by atoms with van der Waals surface area (Å²) in [6, 6.07) is 12.2. The van der Waals surface area contributed by atoms with E-state index in [0.717, 1.165) is 5.56 Å². The van der Waals surface area contributed by atoms with E-state index in [1.54, 1.807) is 12.1 Å². The number of primary amides is 1. The molecular formula is C18H22N2O2. The van der Waals surface area contributed by atoms with E-state index in [0.29, 0.717) is 11.8 Å². The minimum Gasteiger partial charge on any atom is -0.451 e. The minimum absolute atomic E-state index is 0.195. The third-order valence-corrected chi connectivity index (χ3v) is 4.46. The third-order valence-electron chi connectivity index (χ3n) is 4.46. The van der Waals surface area contributed by atoms with E-state index in [1.165, 1.54) is 37.9 Å². The van der Waals surface area contributed by atoms with Crippen molar-refractivity contribution in [2.45, 2.75) is 32.2 Å². The van der Waals surface area contributed by atoms with Crippen LogP contribution in [0.1, 0.15) is 48.3 Å². The van der Waals surface area contributed by atoms with Crippen LogP contribution in [0.2, 0.25) is 0 Å². The first kappa shape index (κ1) is 14.9. The molecule has 1 aliphatic rings. The van der Waals surface area contributed by atoms with Gasteiger partial charge in [-0.05, 0) is 50.6 Å². The molecule has 0 bridgehead atoms. The molecule has 1 saturated heterocycles. The molecule has 0 saturated carbocycles. The first-order chi connectivity index (χ1) is 10.6. The van der Waals surface area contributed by atoms with Gasteiger partial charge in [-0.2, -0.15) is 0 Å². The lowest BCUT2D eigenvalue weighted by Gasteiger charge is -2.32. The summed E-state index contributed by atoms with van der Waals surface area (Å²) in [7, 11) is 0. The molecule has 1 amide bonds. The summed E-state index contributed by atoms with van der Waals surface area (Å²) < 4.78 is 5.46. The van der Waals surface area contributed by atoms with Gasteiger partial charge in [-0.1, -0.05) is 30.7 Å².